The van der Waals surface area contributed by atoms with Gasteiger partial charge in [0.25, 0.3) is 0 Å². The highest BCUT2D eigenvalue weighted by molar-refractivity contribution is 5.44. The Balaban J connectivity index is 1.96. The first-order chi connectivity index (χ1) is 10.1. The Labute approximate surface area is 127 Å². The van der Waals surface area contributed by atoms with Crippen molar-refractivity contribution in [2.45, 2.75) is 31.7 Å². The molecule has 1 heterocycles. The van der Waals surface area contributed by atoms with E-state index in [1.54, 1.807) is 7.11 Å². The van der Waals surface area contributed by atoms with Crippen LogP contribution in [0.4, 0.5) is 0 Å². The zero-order valence-electron chi connectivity index (χ0n) is 13.0. The van der Waals surface area contributed by atoms with Gasteiger partial charge in [-0.05, 0) is 35.2 Å². The van der Waals surface area contributed by atoms with E-state index in [0.29, 0.717) is 6.04 Å². The number of fused-ring (bicyclic) bond motifs is 1. The van der Waals surface area contributed by atoms with E-state index in [-0.39, 0.29) is 5.41 Å². The number of hydrogen-bond donors (Lipinski definition) is 1. The van der Waals surface area contributed by atoms with Gasteiger partial charge in [-0.15, -0.1) is 0 Å². The Morgan fingerprint density at radius 1 is 1.14 bits per heavy atom. The number of rotatable bonds is 3. The van der Waals surface area contributed by atoms with Crippen molar-refractivity contribution in [1.29, 1.82) is 0 Å². The van der Waals surface area contributed by atoms with Crippen LogP contribution >= 0.6 is 0 Å². The molecule has 1 aliphatic heterocycles. The molecule has 2 aromatic carbocycles. The summed E-state index contributed by atoms with van der Waals surface area (Å²) in [4.78, 5) is 0. The molecule has 0 aliphatic carbocycles. The van der Waals surface area contributed by atoms with Gasteiger partial charge in [0.15, 0.2) is 0 Å². The summed E-state index contributed by atoms with van der Waals surface area (Å²) in [6.45, 7) is 5.57. The van der Waals surface area contributed by atoms with Gasteiger partial charge >= 0.3 is 0 Å². The zero-order valence-corrected chi connectivity index (χ0v) is 13.0. The van der Waals surface area contributed by atoms with Crippen LogP contribution < -0.4 is 10.1 Å². The van der Waals surface area contributed by atoms with Gasteiger partial charge in [-0.2, -0.15) is 0 Å². The van der Waals surface area contributed by atoms with Crippen molar-refractivity contribution in [1.82, 2.24) is 5.32 Å². The summed E-state index contributed by atoms with van der Waals surface area (Å²) in [5, 5.41) is 3.71. The van der Waals surface area contributed by atoms with Crippen molar-refractivity contribution >= 4 is 0 Å². The third-order valence-corrected chi connectivity index (χ3v) is 4.44. The SMILES string of the molecule is COc1ccc2c(c1)C(C)(C)CNC2Cc1ccccc1. The van der Waals surface area contributed by atoms with E-state index in [4.69, 9.17) is 4.74 Å². The van der Waals surface area contributed by atoms with Crippen LogP contribution in [0.25, 0.3) is 0 Å². The van der Waals surface area contributed by atoms with Crippen molar-refractivity contribution in [2.75, 3.05) is 13.7 Å². The predicted molar refractivity (Wildman–Crippen MR) is 86.9 cm³/mol. The predicted octanol–water partition coefficient (Wildman–Crippen LogP) is 3.86. The summed E-state index contributed by atoms with van der Waals surface area (Å²) in [6, 6.07) is 17.5. The van der Waals surface area contributed by atoms with Crippen LogP contribution in [-0.4, -0.2) is 13.7 Å². The summed E-state index contributed by atoms with van der Waals surface area (Å²) in [5.41, 5.74) is 4.31. The van der Waals surface area contributed by atoms with Crippen molar-refractivity contribution in [3.8, 4) is 5.75 Å². The summed E-state index contributed by atoms with van der Waals surface area (Å²) in [7, 11) is 1.73. The van der Waals surface area contributed by atoms with Crippen LogP contribution in [0.3, 0.4) is 0 Å². The second kappa shape index (κ2) is 5.53. The van der Waals surface area contributed by atoms with E-state index >= 15 is 0 Å². The molecule has 1 atom stereocenters. The van der Waals surface area contributed by atoms with Gasteiger partial charge in [0, 0.05) is 18.0 Å². The van der Waals surface area contributed by atoms with Crippen LogP contribution in [0.5, 0.6) is 5.75 Å². The molecule has 110 valence electrons. The molecule has 0 fully saturated rings. The lowest BCUT2D eigenvalue weighted by Gasteiger charge is -2.38. The highest BCUT2D eigenvalue weighted by Gasteiger charge is 2.32. The average molecular weight is 281 g/mol. The smallest absolute Gasteiger partial charge is 0.119 e. The molecule has 1 N–H and O–H groups in total. The van der Waals surface area contributed by atoms with Crippen LogP contribution in [0.1, 0.15) is 36.6 Å². The largest absolute Gasteiger partial charge is 0.497 e. The molecular formula is C19H23NO. The van der Waals surface area contributed by atoms with E-state index in [9.17, 15) is 0 Å². The minimum atomic E-state index is 0.136. The Morgan fingerprint density at radius 2 is 1.90 bits per heavy atom. The maximum Gasteiger partial charge on any atom is 0.119 e. The molecule has 0 amide bonds. The fourth-order valence-corrected chi connectivity index (χ4v) is 3.17. The Morgan fingerprint density at radius 3 is 2.62 bits per heavy atom. The summed E-state index contributed by atoms with van der Waals surface area (Å²) in [5.74, 6) is 0.946. The first-order valence-corrected chi connectivity index (χ1v) is 7.56. The first-order valence-electron chi connectivity index (χ1n) is 7.56. The lowest BCUT2D eigenvalue weighted by atomic mass is 9.75. The van der Waals surface area contributed by atoms with E-state index in [0.717, 1.165) is 18.7 Å². The highest BCUT2D eigenvalue weighted by Crippen LogP contribution is 2.37. The number of methoxy groups -OCH3 is 1. The molecule has 1 unspecified atom stereocenters. The Kier molecular flexibility index (Phi) is 3.73. The molecule has 0 aromatic heterocycles. The minimum absolute atomic E-state index is 0.136. The highest BCUT2D eigenvalue weighted by atomic mass is 16.5. The quantitative estimate of drug-likeness (QED) is 0.922. The van der Waals surface area contributed by atoms with Gasteiger partial charge < -0.3 is 10.1 Å². The zero-order chi connectivity index (χ0) is 14.9. The summed E-state index contributed by atoms with van der Waals surface area (Å²) in [6.07, 6.45) is 1.02. The molecule has 0 saturated heterocycles. The number of nitrogens with one attached hydrogen (secondary N) is 1. The maximum atomic E-state index is 5.41. The van der Waals surface area contributed by atoms with Crippen molar-refractivity contribution in [2.24, 2.45) is 0 Å². The third-order valence-electron chi connectivity index (χ3n) is 4.44. The fourth-order valence-electron chi connectivity index (χ4n) is 3.17. The van der Waals surface area contributed by atoms with E-state index in [2.05, 4.69) is 67.7 Å². The van der Waals surface area contributed by atoms with Gasteiger partial charge in [0.05, 0.1) is 7.11 Å². The molecule has 0 spiro atoms. The molecule has 2 heteroatoms. The van der Waals surface area contributed by atoms with Gasteiger partial charge in [0.1, 0.15) is 5.75 Å². The molecule has 21 heavy (non-hydrogen) atoms. The van der Waals surface area contributed by atoms with Gasteiger partial charge in [-0.3, -0.25) is 0 Å². The topological polar surface area (TPSA) is 21.3 Å². The van der Waals surface area contributed by atoms with Crippen molar-refractivity contribution in [3.05, 3.63) is 65.2 Å². The first kappa shape index (κ1) is 14.2. The molecule has 2 nitrogen and oxygen atoms in total. The van der Waals surface area contributed by atoms with Crippen LogP contribution in [-0.2, 0) is 11.8 Å². The molecule has 2 aromatic rings. The standard InChI is InChI=1S/C19H23NO/c1-19(2)13-20-18(11-14-7-5-4-6-8-14)16-10-9-15(21-3)12-17(16)19/h4-10,12,18,20H,11,13H2,1-3H3. The lowest BCUT2D eigenvalue weighted by molar-refractivity contribution is 0.372. The third kappa shape index (κ3) is 2.81. The molecule has 0 radical (unpaired) electrons. The van der Waals surface area contributed by atoms with Gasteiger partial charge in [-0.1, -0.05) is 50.2 Å². The summed E-state index contributed by atoms with van der Waals surface area (Å²) < 4.78 is 5.41. The van der Waals surface area contributed by atoms with Crippen LogP contribution in [0, 0.1) is 0 Å². The summed E-state index contributed by atoms with van der Waals surface area (Å²) >= 11 is 0. The monoisotopic (exact) mass is 281 g/mol. The normalized spacial score (nSPS) is 19.9. The molecule has 0 saturated carbocycles. The number of ether oxygens (including phenoxy) is 1. The fraction of sp³-hybridized carbons (Fsp3) is 0.368. The van der Waals surface area contributed by atoms with Crippen molar-refractivity contribution in [3.63, 3.8) is 0 Å². The van der Waals surface area contributed by atoms with Gasteiger partial charge in [0.2, 0.25) is 0 Å². The van der Waals surface area contributed by atoms with E-state index in [1.807, 2.05) is 0 Å². The second-order valence-electron chi connectivity index (χ2n) is 6.46. The number of benzene rings is 2. The second-order valence-corrected chi connectivity index (χ2v) is 6.46. The van der Waals surface area contributed by atoms with Crippen LogP contribution in [0.2, 0.25) is 0 Å². The Bertz CT molecular complexity index is 619. The van der Waals surface area contributed by atoms with E-state index in [1.165, 1.54) is 16.7 Å². The van der Waals surface area contributed by atoms with Crippen molar-refractivity contribution < 1.29 is 4.74 Å². The molecule has 0 bridgehead atoms. The lowest BCUT2D eigenvalue weighted by Crippen LogP contribution is -2.42. The molecule has 3 rings (SSSR count). The van der Waals surface area contributed by atoms with E-state index < -0.39 is 0 Å². The Hall–Kier alpha value is -1.80. The van der Waals surface area contributed by atoms with Crippen LogP contribution in [0.15, 0.2) is 48.5 Å². The van der Waals surface area contributed by atoms with Gasteiger partial charge in [-0.25, -0.2) is 0 Å². The molecular weight excluding hydrogens is 258 g/mol. The number of hydrogen-bond acceptors (Lipinski definition) is 2. The maximum absolute atomic E-state index is 5.41. The average Bonchev–Trinajstić information content (AvgIpc) is 2.51. The minimum Gasteiger partial charge on any atom is -0.497 e. The molecule has 1 aliphatic rings.